The molecule has 0 unspecified atom stereocenters. The van der Waals surface area contributed by atoms with Crippen LogP contribution in [0.5, 0.6) is 11.5 Å². The van der Waals surface area contributed by atoms with Crippen molar-refractivity contribution >= 4 is 11.8 Å². The first-order chi connectivity index (χ1) is 14.7. The predicted octanol–water partition coefficient (Wildman–Crippen LogP) is 2.88. The third kappa shape index (κ3) is 5.30. The zero-order valence-corrected chi connectivity index (χ0v) is 17.7. The summed E-state index contributed by atoms with van der Waals surface area (Å²) in [4.78, 5) is 11.0. The minimum absolute atomic E-state index is 0.208. The monoisotopic (exact) mass is 410 g/mol. The Morgan fingerprint density at radius 2 is 2.10 bits per heavy atom. The Labute approximate surface area is 178 Å². The Kier molecular flexibility index (Phi) is 7.69. The average molecular weight is 411 g/mol. The fraction of sp³-hybridized carbons (Fsp3) is 0.500. The zero-order valence-electron chi connectivity index (χ0n) is 17.7. The number of unbranched alkanes of at least 4 members (excludes halogenated alkanes) is 1. The van der Waals surface area contributed by atoms with Crippen molar-refractivity contribution in [2.24, 2.45) is 0 Å². The molecule has 0 atom stereocenters. The molecule has 0 saturated carbocycles. The van der Waals surface area contributed by atoms with E-state index in [1.54, 1.807) is 7.11 Å². The van der Waals surface area contributed by atoms with Gasteiger partial charge in [0.2, 0.25) is 5.95 Å². The second-order valence-corrected chi connectivity index (χ2v) is 7.38. The van der Waals surface area contributed by atoms with E-state index >= 15 is 0 Å². The lowest BCUT2D eigenvalue weighted by atomic mass is 10.0. The maximum absolute atomic E-state index is 9.14. The highest BCUT2D eigenvalue weighted by Crippen LogP contribution is 2.30. The Morgan fingerprint density at radius 1 is 1.30 bits per heavy atom. The number of anilines is 2. The van der Waals surface area contributed by atoms with Gasteiger partial charge in [-0.05, 0) is 50.0 Å². The average Bonchev–Trinajstić information content (AvgIpc) is 2.78. The van der Waals surface area contributed by atoms with Gasteiger partial charge >= 0.3 is 0 Å². The molecule has 2 heterocycles. The molecule has 0 bridgehead atoms. The summed E-state index contributed by atoms with van der Waals surface area (Å²) >= 11 is 0. The van der Waals surface area contributed by atoms with Gasteiger partial charge in [-0.15, -0.1) is 0 Å². The minimum Gasteiger partial charge on any atom is -0.493 e. The third-order valence-electron chi connectivity index (χ3n) is 5.27. The van der Waals surface area contributed by atoms with E-state index in [2.05, 4.69) is 27.1 Å². The molecule has 1 aromatic carbocycles. The third-order valence-corrected chi connectivity index (χ3v) is 5.27. The first kappa shape index (κ1) is 21.7. The van der Waals surface area contributed by atoms with Crippen LogP contribution in [-0.4, -0.2) is 42.8 Å². The number of nitrogen functional groups attached to an aromatic ring is 1. The van der Waals surface area contributed by atoms with E-state index in [0.717, 1.165) is 55.8 Å². The number of nitrogens with zero attached hydrogens (tertiary/aromatic N) is 4. The standard InChI is InChI=1S/C22H30N6O2/c1-3-4-11-30-20-12-16(5-6-19(20)29-2)15-28(18-7-9-25-10-8-18)22-26-14-17(13-23)21(24)27-22/h5-6,12,14,18,25H,3-4,7-11,15H2,1-2H3,(H2,24,26,27). The number of piperidine rings is 1. The lowest BCUT2D eigenvalue weighted by Crippen LogP contribution is -2.43. The summed E-state index contributed by atoms with van der Waals surface area (Å²) in [6, 6.07) is 8.30. The number of methoxy groups -OCH3 is 1. The molecule has 1 aliphatic rings. The second-order valence-electron chi connectivity index (χ2n) is 7.38. The van der Waals surface area contributed by atoms with Gasteiger partial charge in [-0.25, -0.2) is 4.98 Å². The molecule has 3 rings (SSSR count). The zero-order chi connectivity index (χ0) is 21.3. The number of aromatic nitrogens is 2. The molecule has 30 heavy (non-hydrogen) atoms. The number of rotatable bonds is 9. The van der Waals surface area contributed by atoms with Crippen LogP contribution < -0.4 is 25.4 Å². The quantitative estimate of drug-likeness (QED) is 0.607. The molecule has 1 fully saturated rings. The first-order valence-electron chi connectivity index (χ1n) is 10.5. The van der Waals surface area contributed by atoms with Crippen LogP contribution in [0, 0.1) is 11.3 Å². The molecule has 1 saturated heterocycles. The second kappa shape index (κ2) is 10.6. The summed E-state index contributed by atoms with van der Waals surface area (Å²) < 4.78 is 11.4. The fourth-order valence-electron chi connectivity index (χ4n) is 3.55. The van der Waals surface area contributed by atoms with Crippen LogP contribution in [0.2, 0.25) is 0 Å². The largest absolute Gasteiger partial charge is 0.493 e. The number of nitriles is 1. The number of hydrogen-bond donors (Lipinski definition) is 2. The summed E-state index contributed by atoms with van der Waals surface area (Å²) in [6.45, 7) is 5.30. The summed E-state index contributed by atoms with van der Waals surface area (Å²) in [6.07, 6.45) is 5.54. The Morgan fingerprint density at radius 3 is 2.77 bits per heavy atom. The summed E-state index contributed by atoms with van der Waals surface area (Å²) in [5.74, 6) is 2.22. The molecule has 2 aromatic rings. The van der Waals surface area contributed by atoms with Gasteiger partial charge in [0.05, 0.1) is 19.9 Å². The predicted molar refractivity (Wildman–Crippen MR) is 117 cm³/mol. The van der Waals surface area contributed by atoms with E-state index in [-0.39, 0.29) is 11.9 Å². The molecule has 8 nitrogen and oxygen atoms in total. The highest BCUT2D eigenvalue weighted by atomic mass is 16.5. The van der Waals surface area contributed by atoms with Crippen LogP contribution in [0.25, 0.3) is 0 Å². The number of ether oxygens (including phenoxy) is 2. The molecule has 0 aliphatic carbocycles. The van der Waals surface area contributed by atoms with Gasteiger partial charge in [0.25, 0.3) is 0 Å². The van der Waals surface area contributed by atoms with Crippen molar-refractivity contribution in [2.75, 3.05) is 37.4 Å². The van der Waals surface area contributed by atoms with Gasteiger partial charge in [0.15, 0.2) is 11.5 Å². The van der Waals surface area contributed by atoms with Gasteiger partial charge in [-0.3, -0.25) is 0 Å². The number of nitrogens with one attached hydrogen (secondary N) is 1. The van der Waals surface area contributed by atoms with Gasteiger partial charge in [-0.1, -0.05) is 19.4 Å². The maximum atomic E-state index is 9.14. The normalized spacial score (nSPS) is 14.2. The highest BCUT2D eigenvalue weighted by molar-refractivity contribution is 5.51. The van der Waals surface area contributed by atoms with E-state index in [1.807, 2.05) is 24.3 Å². The molecule has 0 spiro atoms. The van der Waals surface area contributed by atoms with Crippen molar-refractivity contribution in [2.45, 2.75) is 45.2 Å². The topological polar surface area (TPSA) is 109 Å². The van der Waals surface area contributed by atoms with E-state index in [1.165, 1.54) is 6.20 Å². The van der Waals surface area contributed by atoms with Crippen molar-refractivity contribution in [1.29, 1.82) is 5.26 Å². The van der Waals surface area contributed by atoms with Crippen LogP contribution in [0.4, 0.5) is 11.8 Å². The smallest absolute Gasteiger partial charge is 0.227 e. The Balaban J connectivity index is 1.88. The first-order valence-corrected chi connectivity index (χ1v) is 10.5. The van der Waals surface area contributed by atoms with Gasteiger partial charge < -0.3 is 25.4 Å². The van der Waals surface area contributed by atoms with Crippen LogP contribution in [0.1, 0.15) is 43.7 Å². The van der Waals surface area contributed by atoms with Crippen molar-refractivity contribution in [3.8, 4) is 17.6 Å². The molecule has 1 aromatic heterocycles. The van der Waals surface area contributed by atoms with Crippen molar-refractivity contribution < 1.29 is 9.47 Å². The molecule has 0 radical (unpaired) electrons. The van der Waals surface area contributed by atoms with Crippen LogP contribution in [0.3, 0.4) is 0 Å². The minimum atomic E-state index is 0.208. The summed E-state index contributed by atoms with van der Waals surface area (Å²) in [7, 11) is 1.65. The molecule has 8 heteroatoms. The molecule has 3 N–H and O–H groups in total. The SMILES string of the molecule is CCCCOc1cc(CN(c2ncc(C#N)c(N)n2)C2CCNCC2)ccc1OC. The summed E-state index contributed by atoms with van der Waals surface area (Å²) in [5, 5.41) is 12.5. The van der Waals surface area contributed by atoms with Crippen LogP contribution in [-0.2, 0) is 6.54 Å². The summed E-state index contributed by atoms with van der Waals surface area (Å²) in [5.41, 5.74) is 7.34. The van der Waals surface area contributed by atoms with Crippen molar-refractivity contribution in [1.82, 2.24) is 15.3 Å². The fourth-order valence-corrected chi connectivity index (χ4v) is 3.55. The molecule has 1 aliphatic heterocycles. The van der Waals surface area contributed by atoms with Gasteiger partial charge in [0.1, 0.15) is 17.5 Å². The van der Waals surface area contributed by atoms with Crippen LogP contribution in [0.15, 0.2) is 24.4 Å². The highest BCUT2D eigenvalue weighted by Gasteiger charge is 2.24. The van der Waals surface area contributed by atoms with Gasteiger partial charge in [-0.2, -0.15) is 10.2 Å². The van der Waals surface area contributed by atoms with Crippen molar-refractivity contribution in [3.05, 3.63) is 35.5 Å². The molecular formula is C22H30N6O2. The number of nitrogens with two attached hydrogens (primary N) is 1. The maximum Gasteiger partial charge on any atom is 0.227 e. The lowest BCUT2D eigenvalue weighted by Gasteiger charge is -2.35. The Hall–Kier alpha value is -3.05. The van der Waals surface area contributed by atoms with E-state index in [9.17, 15) is 0 Å². The molecule has 0 amide bonds. The van der Waals surface area contributed by atoms with Crippen LogP contribution >= 0.6 is 0 Å². The number of hydrogen-bond acceptors (Lipinski definition) is 8. The Bertz CT molecular complexity index is 876. The van der Waals surface area contributed by atoms with Gasteiger partial charge in [0, 0.05) is 12.6 Å². The molecule has 160 valence electrons. The van der Waals surface area contributed by atoms with E-state index < -0.39 is 0 Å². The van der Waals surface area contributed by atoms with E-state index in [0.29, 0.717) is 24.7 Å². The van der Waals surface area contributed by atoms with Crippen molar-refractivity contribution in [3.63, 3.8) is 0 Å². The molecular weight excluding hydrogens is 380 g/mol. The lowest BCUT2D eigenvalue weighted by molar-refractivity contribution is 0.288. The van der Waals surface area contributed by atoms with E-state index in [4.69, 9.17) is 20.5 Å². The number of benzene rings is 1.